The molecule has 14 heteroatoms. The van der Waals surface area contributed by atoms with Gasteiger partial charge in [0.2, 0.25) is 9.70 Å². The first kappa shape index (κ1) is 28.4. The summed E-state index contributed by atoms with van der Waals surface area (Å²) in [6.07, 6.45) is 5.05. The zero-order valence-corrected chi connectivity index (χ0v) is 23.3. The third kappa shape index (κ3) is 7.06. The summed E-state index contributed by atoms with van der Waals surface area (Å²) >= 11 is 18.4. The van der Waals surface area contributed by atoms with Crippen molar-refractivity contribution in [1.29, 1.82) is 0 Å². The number of hydrogen-bond donors (Lipinski definition) is 2. The number of thioether (sulfide) groups is 1. The number of ether oxygens (including phenoxy) is 3. The average molecular weight is 597 g/mol. The maximum absolute atomic E-state index is 13.3. The van der Waals surface area contributed by atoms with Crippen molar-refractivity contribution in [1.82, 2.24) is 15.5 Å². The number of alkyl carbamates (subject to hydrolysis) is 1. The highest BCUT2D eigenvalue weighted by molar-refractivity contribution is 8.00. The van der Waals surface area contributed by atoms with Crippen LogP contribution >= 0.6 is 46.6 Å². The Balaban J connectivity index is 1.42. The lowest BCUT2D eigenvalue weighted by Crippen LogP contribution is -2.72. The molecule has 3 aliphatic heterocycles. The van der Waals surface area contributed by atoms with Gasteiger partial charge in [0.1, 0.15) is 35.9 Å². The summed E-state index contributed by atoms with van der Waals surface area (Å²) in [4.78, 5) is 52.8. The fourth-order valence-electron chi connectivity index (χ4n) is 4.27. The Morgan fingerprint density at radius 3 is 2.65 bits per heavy atom. The number of halogens is 3. The van der Waals surface area contributed by atoms with Gasteiger partial charge in [-0.1, -0.05) is 40.9 Å². The van der Waals surface area contributed by atoms with Crippen molar-refractivity contribution in [2.75, 3.05) is 19.8 Å². The zero-order valence-electron chi connectivity index (χ0n) is 20.2. The van der Waals surface area contributed by atoms with Crippen molar-refractivity contribution in [3.63, 3.8) is 0 Å². The van der Waals surface area contributed by atoms with E-state index >= 15 is 0 Å². The molecule has 0 aromatic rings. The van der Waals surface area contributed by atoms with E-state index in [1.54, 1.807) is 6.08 Å². The van der Waals surface area contributed by atoms with Crippen LogP contribution in [0.4, 0.5) is 4.79 Å². The van der Waals surface area contributed by atoms with Crippen molar-refractivity contribution < 1.29 is 33.4 Å². The van der Waals surface area contributed by atoms with E-state index in [4.69, 9.17) is 49.0 Å². The summed E-state index contributed by atoms with van der Waals surface area (Å²) in [5.74, 6) is -1.54. The molecule has 1 saturated carbocycles. The minimum atomic E-state index is -1.79. The molecule has 3 amide bonds. The minimum absolute atomic E-state index is 0.0247. The molecule has 4 rings (SSSR count). The van der Waals surface area contributed by atoms with E-state index in [2.05, 4.69) is 10.6 Å². The van der Waals surface area contributed by atoms with Gasteiger partial charge in [-0.05, 0) is 50.7 Å². The van der Waals surface area contributed by atoms with Crippen molar-refractivity contribution in [2.24, 2.45) is 5.92 Å². The summed E-state index contributed by atoms with van der Waals surface area (Å²) < 4.78 is 14.2. The van der Waals surface area contributed by atoms with E-state index in [-0.39, 0.29) is 23.7 Å². The molecule has 1 saturated heterocycles. The fraction of sp³-hybridized carbons (Fsp3) is 0.652. The summed E-state index contributed by atoms with van der Waals surface area (Å²) in [5.41, 5.74) is 0.598. The molecular formula is C23H28Cl3N3O7S. The number of rotatable bonds is 8. The van der Waals surface area contributed by atoms with Gasteiger partial charge in [0.15, 0.2) is 0 Å². The van der Waals surface area contributed by atoms with Gasteiger partial charge in [-0.2, -0.15) is 0 Å². The van der Waals surface area contributed by atoms with Crippen molar-refractivity contribution in [2.45, 2.75) is 65.7 Å². The topological polar surface area (TPSA) is 123 Å². The van der Waals surface area contributed by atoms with Gasteiger partial charge in [0, 0.05) is 5.25 Å². The number of alkyl halides is 3. The predicted molar refractivity (Wildman–Crippen MR) is 138 cm³/mol. The molecule has 1 aliphatic carbocycles. The van der Waals surface area contributed by atoms with Gasteiger partial charge in [-0.3, -0.25) is 14.5 Å². The molecule has 2 N–H and O–H groups in total. The minimum Gasteiger partial charge on any atom is -0.456 e. The van der Waals surface area contributed by atoms with Gasteiger partial charge in [-0.25, -0.2) is 9.59 Å². The van der Waals surface area contributed by atoms with Crippen molar-refractivity contribution >= 4 is 70.4 Å². The predicted octanol–water partition coefficient (Wildman–Crippen LogP) is 2.81. The summed E-state index contributed by atoms with van der Waals surface area (Å²) in [6, 6.07) is -1.99. The van der Waals surface area contributed by atoms with Crippen LogP contribution in [0.2, 0.25) is 0 Å². The number of carbonyl (C=O) groups excluding carboxylic acids is 4. The first-order valence-corrected chi connectivity index (χ1v) is 14.0. The van der Waals surface area contributed by atoms with Gasteiger partial charge in [-0.15, -0.1) is 11.8 Å². The van der Waals surface area contributed by atoms with Crippen LogP contribution in [0.5, 0.6) is 0 Å². The number of fused-ring (bicyclic) bond motifs is 1. The van der Waals surface area contributed by atoms with Gasteiger partial charge in [0.05, 0.1) is 13.2 Å². The second-order valence-electron chi connectivity index (χ2n) is 9.31. The normalized spacial score (nSPS) is 27.0. The lowest BCUT2D eigenvalue weighted by molar-refractivity contribution is -0.152. The van der Waals surface area contributed by atoms with Crippen LogP contribution in [0.1, 0.15) is 33.1 Å². The number of nitrogens with zero attached hydrogens (tertiary/aromatic N) is 1. The summed E-state index contributed by atoms with van der Waals surface area (Å²) in [7, 11) is 0. The van der Waals surface area contributed by atoms with Crippen LogP contribution in [0.25, 0.3) is 0 Å². The molecule has 0 aromatic heterocycles. The molecule has 4 unspecified atom stereocenters. The third-order valence-corrected chi connectivity index (χ3v) is 7.99. The highest BCUT2D eigenvalue weighted by atomic mass is 35.6. The van der Waals surface area contributed by atoms with Gasteiger partial charge in [0.25, 0.3) is 5.91 Å². The second-order valence-corrected chi connectivity index (χ2v) is 13.3. The first-order chi connectivity index (χ1) is 17.4. The van der Waals surface area contributed by atoms with Crippen LogP contribution in [-0.4, -0.2) is 81.2 Å². The number of amides is 3. The molecule has 0 bridgehead atoms. The Morgan fingerprint density at radius 1 is 1.30 bits per heavy atom. The average Bonchev–Trinajstić information content (AvgIpc) is 3.69. The Hall–Kier alpha value is -1.66. The smallest absolute Gasteiger partial charge is 0.408 e. The molecule has 4 aliphatic rings. The van der Waals surface area contributed by atoms with E-state index in [0.29, 0.717) is 24.5 Å². The Bertz CT molecular complexity index is 1010. The van der Waals surface area contributed by atoms with Crippen LogP contribution in [-0.2, 0) is 28.6 Å². The van der Waals surface area contributed by atoms with Gasteiger partial charge < -0.3 is 24.8 Å². The van der Waals surface area contributed by atoms with E-state index in [1.165, 1.54) is 16.7 Å². The highest BCUT2D eigenvalue weighted by Crippen LogP contribution is 2.41. The molecule has 204 valence electrons. The third-order valence-electron chi connectivity index (χ3n) is 6.33. The molecule has 0 aromatic carbocycles. The van der Waals surface area contributed by atoms with Crippen LogP contribution in [0, 0.1) is 5.92 Å². The summed E-state index contributed by atoms with van der Waals surface area (Å²) in [5, 5.41) is 4.65. The highest BCUT2D eigenvalue weighted by Gasteiger charge is 2.54. The fourth-order valence-corrected chi connectivity index (χ4v) is 5.76. The van der Waals surface area contributed by atoms with Crippen molar-refractivity contribution in [3.05, 3.63) is 23.4 Å². The number of esters is 1. The zero-order chi connectivity index (χ0) is 26.9. The largest absolute Gasteiger partial charge is 0.456 e. The Kier molecular flexibility index (Phi) is 8.90. The summed E-state index contributed by atoms with van der Waals surface area (Å²) in [6.45, 7) is 3.86. The lowest BCUT2D eigenvalue weighted by atomic mass is 10.0. The number of β-lactam (4-membered cyclic amide) rings is 1. The van der Waals surface area contributed by atoms with E-state index in [0.717, 1.165) is 12.8 Å². The molecule has 0 spiro atoms. The Morgan fingerprint density at radius 2 is 2.03 bits per heavy atom. The van der Waals surface area contributed by atoms with E-state index in [9.17, 15) is 19.2 Å². The number of hydrogen-bond acceptors (Lipinski definition) is 8. The first-order valence-electron chi connectivity index (χ1n) is 11.9. The molecule has 0 radical (unpaired) electrons. The lowest BCUT2D eigenvalue weighted by Gasteiger charge is -2.50. The Labute approximate surface area is 233 Å². The molecule has 37 heavy (non-hydrogen) atoms. The SMILES string of the molecule is CC1C=C(C(=O)OCC(Cl)(Cl)Cl)N2C(=O)C(NC(=O)C(NC(=O)OC(C)C3CC3)C3=CCCOC3)[C@H]2S1. The maximum Gasteiger partial charge on any atom is 0.408 e. The van der Waals surface area contributed by atoms with E-state index in [1.807, 2.05) is 19.9 Å². The second kappa shape index (κ2) is 11.6. The van der Waals surface area contributed by atoms with Crippen molar-refractivity contribution in [3.8, 4) is 0 Å². The molecular weight excluding hydrogens is 569 g/mol. The monoisotopic (exact) mass is 595 g/mol. The maximum atomic E-state index is 13.3. The van der Waals surface area contributed by atoms with Crippen LogP contribution in [0.15, 0.2) is 23.4 Å². The van der Waals surface area contributed by atoms with Gasteiger partial charge >= 0.3 is 12.1 Å². The van der Waals surface area contributed by atoms with Crippen LogP contribution < -0.4 is 10.6 Å². The van der Waals surface area contributed by atoms with Crippen LogP contribution in [0.3, 0.4) is 0 Å². The standard InChI is InChI=1S/C23H28Cl3N3O7S/c1-11-8-15(21(32)35-10-23(24,25)26)29-19(31)17(20(29)37-11)27-18(30)16(14-4-3-7-34-9-14)28-22(33)36-12(2)13-5-6-13/h4,8,11-13,16-17,20H,3,5-7,9-10H2,1-2H3,(H,27,30)(H,28,33)/t11?,12?,16?,17?,20-/m1/s1. The molecule has 3 heterocycles. The number of carbonyl (C=O) groups is 4. The molecule has 2 fully saturated rings. The number of nitrogens with one attached hydrogen (secondary N) is 2. The molecule has 5 atom stereocenters. The quantitative estimate of drug-likeness (QED) is 0.190. The van der Waals surface area contributed by atoms with E-state index < -0.39 is 51.7 Å². The molecule has 10 nitrogen and oxygen atoms in total.